The van der Waals surface area contributed by atoms with Gasteiger partial charge in [0.15, 0.2) is 0 Å². The van der Waals surface area contributed by atoms with Gasteiger partial charge in [-0.2, -0.15) is 0 Å². The van der Waals surface area contributed by atoms with Gasteiger partial charge in [0, 0.05) is 18.3 Å². The Kier molecular flexibility index (Phi) is 6.26. The van der Waals surface area contributed by atoms with E-state index in [1.807, 2.05) is 30.3 Å². The van der Waals surface area contributed by atoms with Crippen LogP contribution in [0.3, 0.4) is 0 Å². The van der Waals surface area contributed by atoms with Crippen LogP contribution < -0.4 is 10.6 Å². The molecule has 5 nitrogen and oxygen atoms in total. The maximum Gasteiger partial charge on any atom is 0.270 e. The Balaban J connectivity index is 1.61. The van der Waals surface area contributed by atoms with Gasteiger partial charge in [-0.05, 0) is 43.5 Å². The highest BCUT2D eigenvalue weighted by Gasteiger charge is 2.12. The third kappa shape index (κ3) is 5.33. The van der Waals surface area contributed by atoms with E-state index in [9.17, 15) is 13.6 Å². The molecule has 3 aromatic rings. The fourth-order valence-electron chi connectivity index (χ4n) is 2.68. The highest BCUT2D eigenvalue weighted by molar-refractivity contribution is 5.92. The van der Waals surface area contributed by atoms with E-state index in [1.54, 1.807) is 13.0 Å². The molecule has 7 heteroatoms. The summed E-state index contributed by atoms with van der Waals surface area (Å²) in [6, 6.07) is 14.7. The molecule has 0 fully saturated rings. The summed E-state index contributed by atoms with van der Waals surface area (Å²) in [5.41, 5.74) is 1.97. The molecule has 3 rings (SSSR count). The van der Waals surface area contributed by atoms with Crippen molar-refractivity contribution < 1.29 is 13.6 Å². The number of amides is 1. The number of carbonyl (C=O) groups excluding carboxylic acids is 1. The molecule has 0 atom stereocenters. The molecule has 0 aliphatic rings. The van der Waals surface area contributed by atoms with E-state index in [-0.39, 0.29) is 23.2 Å². The molecular formula is C21H20F2N4O. The lowest BCUT2D eigenvalue weighted by atomic mass is 10.1. The molecule has 2 N–H and O–H groups in total. The number of anilines is 2. The number of carbonyl (C=O) groups is 1. The van der Waals surface area contributed by atoms with Crippen LogP contribution in [0.15, 0.2) is 54.6 Å². The molecule has 2 aromatic carbocycles. The summed E-state index contributed by atoms with van der Waals surface area (Å²) < 4.78 is 26.8. The molecule has 0 aliphatic carbocycles. The molecule has 1 amide bonds. The molecule has 0 unspecified atom stereocenters. The maximum absolute atomic E-state index is 13.8. The summed E-state index contributed by atoms with van der Waals surface area (Å²) in [5.74, 6) is -1.71. The lowest BCUT2D eigenvalue weighted by Gasteiger charge is -2.09. The minimum absolute atomic E-state index is 0.0289. The highest BCUT2D eigenvalue weighted by atomic mass is 19.1. The second kappa shape index (κ2) is 9.03. The van der Waals surface area contributed by atoms with Crippen LogP contribution in [0.25, 0.3) is 0 Å². The lowest BCUT2D eigenvalue weighted by Crippen LogP contribution is -2.26. The quantitative estimate of drug-likeness (QED) is 0.602. The zero-order chi connectivity index (χ0) is 19.9. The largest absolute Gasteiger partial charge is 0.351 e. The van der Waals surface area contributed by atoms with Crippen LogP contribution in [0.1, 0.15) is 28.2 Å². The van der Waals surface area contributed by atoms with Gasteiger partial charge < -0.3 is 10.6 Å². The monoisotopic (exact) mass is 382 g/mol. The maximum atomic E-state index is 13.8. The second-order valence-corrected chi connectivity index (χ2v) is 6.31. The number of aryl methyl sites for hydroxylation is 2. The molecule has 0 radical (unpaired) electrons. The van der Waals surface area contributed by atoms with Crippen LogP contribution in [0, 0.1) is 18.6 Å². The van der Waals surface area contributed by atoms with Gasteiger partial charge in [0.25, 0.3) is 5.91 Å². The fourth-order valence-corrected chi connectivity index (χ4v) is 2.68. The van der Waals surface area contributed by atoms with Gasteiger partial charge in [-0.25, -0.2) is 18.7 Å². The molecule has 144 valence electrons. The molecule has 1 aromatic heterocycles. The third-order valence-corrected chi connectivity index (χ3v) is 4.04. The first-order valence-corrected chi connectivity index (χ1v) is 8.91. The van der Waals surface area contributed by atoms with Crippen molar-refractivity contribution in [3.05, 3.63) is 83.2 Å². The number of halogens is 2. The smallest absolute Gasteiger partial charge is 0.270 e. The Bertz CT molecular complexity index is 964. The van der Waals surface area contributed by atoms with E-state index < -0.39 is 11.6 Å². The number of aromatic nitrogens is 2. The molecule has 28 heavy (non-hydrogen) atoms. The summed E-state index contributed by atoms with van der Waals surface area (Å²) in [4.78, 5) is 20.7. The Labute approximate surface area is 161 Å². The van der Waals surface area contributed by atoms with Crippen molar-refractivity contribution in [2.45, 2.75) is 19.8 Å². The number of nitrogens with zero attached hydrogens (tertiary/aromatic N) is 2. The first kappa shape index (κ1) is 19.4. The first-order valence-electron chi connectivity index (χ1n) is 8.91. The number of benzene rings is 2. The van der Waals surface area contributed by atoms with Crippen molar-refractivity contribution in [1.82, 2.24) is 15.3 Å². The summed E-state index contributed by atoms with van der Waals surface area (Å²) >= 11 is 0. The van der Waals surface area contributed by atoms with Gasteiger partial charge >= 0.3 is 0 Å². The number of rotatable bonds is 7. The van der Waals surface area contributed by atoms with Gasteiger partial charge in [0.2, 0.25) is 5.95 Å². The van der Waals surface area contributed by atoms with Crippen molar-refractivity contribution in [2.75, 3.05) is 11.9 Å². The van der Waals surface area contributed by atoms with Crippen LogP contribution in [0.2, 0.25) is 0 Å². The normalized spacial score (nSPS) is 10.5. The summed E-state index contributed by atoms with van der Waals surface area (Å²) in [6.45, 7) is 2.21. The van der Waals surface area contributed by atoms with Crippen LogP contribution in [0.5, 0.6) is 0 Å². The summed E-state index contributed by atoms with van der Waals surface area (Å²) in [5, 5.41) is 5.51. The first-order chi connectivity index (χ1) is 13.5. The SMILES string of the molecule is Cc1cc(C(=O)NCCCc2ccccc2)nc(Nc2ccc(F)cc2F)n1. The van der Waals surface area contributed by atoms with Gasteiger partial charge in [0.05, 0.1) is 5.69 Å². The molecule has 0 aliphatic heterocycles. The van der Waals surface area contributed by atoms with Gasteiger partial charge in [0.1, 0.15) is 17.3 Å². The average Bonchev–Trinajstić information content (AvgIpc) is 2.68. The van der Waals surface area contributed by atoms with Crippen molar-refractivity contribution in [3.63, 3.8) is 0 Å². The van der Waals surface area contributed by atoms with Gasteiger partial charge in [-0.15, -0.1) is 0 Å². The van der Waals surface area contributed by atoms with Crippen molar-refractivity contribution in [2.24, 2.45) is 0 Å². The second-order valence-electron chi connectivity index (χ2n) is 6.31. The van der Waals surface area contributed by atoms with E-state index in [2.05, 4.69) is 20.6 Å². The fraction of sp³-hybridized carbons (Fsp3) is 0.190. The Morgan fingerprint density at radius 2 is 1.82 bits per heavy atom. The van der Waals surface area contributed by atoms with E-state index >= 15 is 0 Å². The number of nitrogens with one attached hydrogen (secondary N) is 2. The Hall–Kier alpha value is -3.35. The van der Waals surface area contributed by atoms with Crippen LogP contribution in [0.4, 0.5) is 20.4 Å². The van der Waals surface area contributed by atoms with Crippen LogP contribution in [-0.2, 0) is 6.42 Å². The van der Waals surface area contributed by atoms with Gasteiger partial charge in [-0.3, -0.25) is 4.79 Å². The molecule has 1 heterocycles. The van der Waals surface area contributed by atoms with Crippen LogP contribution >= 0.6 is 0 Å². The third-order valence-electron chi connectivity index (χ3n) is 4.04. The number of hydrogen-bond acceptors (Lipinski definition) is 4. The minimum atomic E-state index is -0.767. The van der Waals surface area contributed by atoms with E-state index in [1.165, 1.54) is 11.6 Å². The molecule has 0 spiro atoms. The Morgan fingerprint density at radius 1 is 1.04 bits per heavy atom. The van der Waals surface area contributed by atoms with Gasteiger partial charge in [-0.1, -0.05) is 30.3 Å². The zero-order valence-electron chi connectivity index (χ0n) is 15.4. The Morgan fingerprint density at radius 3 is 2.57 bits per heavy atom. The minimum Gasteiger partial charge on any atom is -0.351 e. The number of hydrogen-bond donors (Lipinski definition) is 2. The molecule has 0 bridgehead atoms. The topological polar surface area (TPSA) is 66.9 Å². The standard InChI is InChI=1S/C21H20F2N4O/c1-14-12-19(20(28)24-11-5-8-15-6-3-2-4-7-15)27-21(25-14)26-18-10-9-16(22)13-17(18)23/h2-4,6-7,9-10,12-13H,5,8,11H2,1H3,(H,24,28)(H,25,26,27). The molecular weight excluding hydrogens is 362 g/mol. The zero-order valence-corrected chi connectivity index (χ0v) is 15.4. The molecule has 0 saturated heterocycles. The predicted molar refractivity (Wildman–Crippen MR) is 104 cm³/mol. The van der Waals surface area contributed by atoms with Crippen molar-refractivity contribution in [1.29, 1.82) is 0 Å². The van der Waals surface area contributed by atoms with Crippen LogP contribution in [-0.4, -0.2) is 22.4 Å². The summed E-state index contributed by atoms with van der Waals surface area (Å²) in [6.07, 6.45) is 1.66. The lowest BCUT2D eigenvalue weighted by molar-refractivity contribution is 0.0948. The van der Waals surface area contributed by atoms with E-state index in [0.717, 1.165) is 25.0 Å². The van der Waals surface area contributed by atoms with Crippen molar-refractivity contribution >= 4 is 17.5 Å². The predicted octanol–water partition coefficient (Wildman–Crippen LogP) is 4.17. The van der Waals surface area contributed by atoms with Crippen molar-refractivity contribution in [3.8, 4) is 0 Å². The van der Waals surface area contributed by atoms with E-state index in [4.69, 9.17) is 0 Å². The molecule has 0 saturated carbocycles. The van der Waals surface area contributed by atoms with E-state index in [0.29, 0.717) is 12.2 Å². The summed E-state index contributed by atoms with van der Waals surface area (Å²) in [7, 11) is 0. The highest BCUT2D eigenvalue weighted by Crippen LogP contribution is 2.19. The average molecular weight is 382 g/mol.